The first-order valence-corrected chi connectivity index (χ1v) is 3.84. The molecule has 1 rings (SSSR count). The van der Waals surface area contributed by atoms with Gasteiger partial charge < -0.3 is 20.8 Å². The second-order valence-corrected chi connectivity index (χ2v) is 1.00. The number of allylic oxidation sites excluding steroid dienone is 4. The normalized spacial score (nSPS) is 8.83. The Bertz CT molecular complexity index is 63.1. The van der Waals surface area contributed by atoms with Gasteiger partial charge in [-0.1, -0.05) is 0 Å². The molecule has 0 nitrogen and oxygen atoms in total. The summed E-state index contributed by atoms with van der Waals surface area (Å²) in [6.45, 7) is 15.0. The van der Waals surface area contributed by atoms with Gasteiger partial charge in [0.15, 0.2) is 0 Å². The molecule has 0 N–H and O–H groups in total. The molecule has 0 radical (unpaired) electrons. The van der Waals surface area contributed by atoms with Crippen LogP contribution in [0.15, 0.2) is 18.2 Å². The standard InChI is InChI=1S/C5H5.3C2H5.Hf/c1-2-4-5-3-1;3*1-2;/h1-3H,4H2;3*1H2,2H3;/q4*-1;+4. The summed E-state index contributed by atoms with van der Waals surface area (Å²) in [6, 6.07) is 0. The molecule has 0 aliphatic heterocycles. The summed E-state index contributed by atoms with van der Waals surface area (Å²) >= 11 is 0. The average molecular weight is 331 g/mol. The van der Waals surface area contributed by atoms with E-state index < -0.39 is 0 Å². The quantitative estimate of drug-likeness (QED) is 0.468. The van der Waals surface area contributed by atoms with Crippen LogP contribution in [0.5, 0.6) is 0 Å². The smallest absolute Gasteiger partial charge is 0.346 e. The van der Waals surface area contributed by atoms with E-state index in [-0.39, 0.29) is 25.8 Å². The number of hydrogen-bond donors (Lipinski definition) is 0. The monoisotopic (exact) mass is 332 g/mol. The van der Waals surface area contributed by atoms with Gasteiger partial charge in [-0.3, -0.25) is 6.08 Å². The first kappa shape index (κ1) is 22.8. The van der Waals surface area contributed by atoms with Crippen LogP contribution < -0.4 is 0 Å². The van der Waals surface area contributed by atoms with E-state index in [4.69, 9.17) is 0 Å². The van der Waals surface area contributed by atoms with E-state index in [1.807, 2.05) is 12.2 Å². The molecule has 0 atom stereocenters. The fourth-order valence-corrected chi connectivity index (χ4v) is 0.340. The molecule has 0 spiro atoms. The third-order valence-corrected chi connectivity index (χ3v) is 0.586. The molecule has 0 fully saturated rings. The Morgan fingerprint density at radius 1 is 1.00 bits per heavy atom. The fraction of sp³-hybridized carbons (Fsp3) is 0.364. The van der Waals surface area contributed by atoms with Crippen LogP contribution in [0.4, 0.5) is 0 Å². The minimum atomic E-state index is 0. The van der Waals surface area contributed by atoms with E-state index in [1.165, 1.54) is 0 Å². The van der Waals surface area contributed by atoms with Crippen molar-refractivity contribution in [3.63, 3.8) is 0 Å². The molecule has 12 heavy (non-hydrogen) atoms. The van der Waals surface area contributed by atoms with Crippen LogP contribution in [0.25, 0.3) is 0 Å². The summed E-state index contributed by atoms with van der Waals surface area (Å²) in [4.78, 5) is 0. The largest absolute Gasteiger partial charge is 4.00 e. The molecule has 0 heterocycles. The van der Waals surface area contributed by atoms with E-state index >= 15 is 0 Å². The summed E-state index contributed by atoms with van der Waals surface area (Å²) in [5.74, 6) is 0. The van der Waals surface area contributed by atoms with Crippen molar-refractivity contribution in [2.75, 3.05) is 0 Å². The van der Waals surface area contributed by atoms with E-state index in [9.17, 15) is 0 Å². The van der Waals surface area contributed by atoms with Crippen LogP contribution in [0, 0.1) is 26.8 Å². The molecule has 68 valence electrons. The molecular formula is C11H20Hf. The molecule has 1 heteroatoms. The van der Waals surface area contributed by atoms with Gasteiger partial charge in [-0.25, -0.2) is 12.2 Å². The molecule has 0 aromatic rings. The average Bonchev–Trinajstić information content (AvgIpc) is 2.71. The number of rotatable bonds is 0. The van der Waals surface area contributed by atoms with Gasteiger partial charge >= 0.3 is 25.8 Å². The Balaban J connectivity index is -0.0000000406. The van der Waals surface area contributed by atoms with Crippen molar-refractivity contribution >= 4 is 0 Å². The summed E-state index contributed by atoms with van der Waals surface area (Å²) in [5, 5.41) is 0. The Morgan fingerprint density at radius 3 is 1.50 bits per heavy atom. The van der Waals surface area contributed by atoms with E-state index in [1.54, 1.807) is 20.8 Å². The van der Waals surface area contributed by atoms with Gasteiger partial charge in [0.05, 0.1) is 0 Å². The van der Waals surface area contributed by atoms with Crippen molar-refractivity contribution in [3.05, 3.63) is 45.1 Å². The van der Waals surface area contributed by atoms with Crippen LogP contribution in [-0.4, -0.2) is 0 Å². The van der Waals surface area contributed by atoms with Crippen LogP contribution in [0.3, 0.4) is 0 Å². The second kappa shape index (κ2) is 42.5. The van der Waals surface area contributed by atoms with Gasteiger partial charge in [0.25, 0.3) is 0 Å². The van der Waals surface area contributed by atoms with Gasteiger partial charge in [0.1, 0.15) is 0 Å². The Hall–Kier alpha value is 0.350. The molecule has 0 saturated carbocycles. The molecule has 1 aliphatic rings. The Morgan fingerprint density at radius 2 is 1.42 bits per heavy atom. The summed E-state index contributed by atoms with van der Waals surface area (Å²) in [7, 11) is 0. The predicted octanol–water partition coefficient (Wildman–Crippen LogP) is 3.82. The molecule has 0 bridgehead atoms. The van der Waals surface area contributed by atoms with Crippen LogP contribution in [0.2, 0.25) is 0 Å². The molecule has 0 aromatic carbocycles. The van der Waals surface area contributed by atoms with Gasteiger partial charge in [0.2, 0.25) is 0 Å². The third kappa shape index (κ3) is 31.6. The maximum absolute atomic E-state index is 3.25. The van der Waals surface area contributed by atoms with Crippen LogP contribution in [-0.2, 0) is 25.8 Å². The zero-order valence-corrected chi connectivity index (χ0v) is 12.2. The SMILES string of the molecule is [C-]1=CC=CC1.[CH2-]C.[CH2-]C.[CH2-]C.[Hf+4]. The minimum Gasteiger partial charge on any atom is -0.346 e. The summed E-state index contributed by atoms with van der Waals surface area (Å²) in [5.41, 5.74) is 0. The molecule has 0 saturated heterocycles. The Kier molecular flexibility index (Phi) is 80.8. The van der Waals surface area contributed by atoms with Crippen molar-refractivity contribution in [1.29, 1.82) is 0 Å². The van der Waals surface area contributed by atoms with Gasteiger partial charge in [-0.15, -0.1) is 6.42 Å². The molecule has 0 aromatic heterocycles. The maximum atomic E-state index is 3.25. The van der Waals surface area contributed by atoms with Crippen molar-refractivity contribution < 1.29 is 25.8 Å². The van der Waals surface area contributed by atoms with Gasteiger partial charge in [-0.2, -0.15) is 26.8 Å². The van der Waals surface area contributed by atoms with E-state index in [0.717, 1.165) is 6.42 Å². The molecule has 1 aliphatic carbocycles. The first-order chi connectivity index (χ1) is 5.50. The fourth-order valence-electron chi connectivity index (χ4n) is 0.340. The Labute approximate surface area is 97.9 Å². The second-order valence-electron chi connectivity index (χ2n) is 1.00. The van der Waals surface area contributed by atoms with Crippen molar-refractivity contribution in [2.24, 2.45) is 0 Å². The van der Waals surface area contributed by atoms with Crippen LogP contribution >= 0.6 is 0 Å². The predicted molar refractivity (Wildman–Crippen MR) is 54.7 cm³/mol. The number of hydrogen-bond acceptors (Lipinski definition) is 0. The van der Waals surface area contributed by atoms with Crippen molar-refractivity contribution in [1.82, 2.24) is 0 Å². The zero-order valence-electron chi connectivity index (χ0n) is 8.56. The minimum absolute atomic E-state index is 0. The third-order valence-electron chi connectivity index (χ3n) is 0.586. The first-order valence-electron chi connectivity index (χ1n) is 3.84. The molecule has 0 amide bonds. The van der Waals surface area contributed by atoms with Gasteiger partial charge in [-0.05, 0) is 0 Å². The van der Waals surface area contributed by atoms with E-state index in [0.29, 0.717) is 0 Å². The molecular weight excluding hydrogens is 311 g/mol. The van der Waals surface area contributed by atoms with Crippen molar-refractivity contribution in [2.45, 2.75) is 27.2 Å². The van der Waals surface area contributed by atoms with Crippen LogP contribution in [0.1, 0.15) is 27.2 Å². The van der Waals surface area contributed by atoms with Crippen molar-refractivity contribution in [3.8, 4) is 0 Å². The summed E-state index contributed by atoms with van der Waals surface area (Å²) in [6.07, 6.45) is 10.0. The maximum Gasteiger partial charge on any atom is 4.00 e. The zero-order chi connectivity index (χ0) is 9.54. The van der Waals surface area contributed by atoms with E-state index in [2.05, 4.69) is 32.9 Å². The summed E-state index contributed by atoms with van der Waals surface area (Å²) < 4.78 is 0. The molecule has 0 unspecified atom stereocenters. The topological polar surface area (TPSA) is 0 Å². The van der Waals surface area contributed by atoms with Gasteiger partial charge in [0, 0.05) is 0 Å².